The second-order valence-corrected chi connectivity index (χ2v) is 4.86. The summed E-state index contributed by atoms with van der Waals surface area (Å²) in [6.07, 6.45) is 2.91. The molecule has 1 fully saturated rings. The zero-order chi connectivity index (χ0) is 10.6. The first-order valence-electron chi connectivity index (χ1n) is 4.46. The van der Waals surface area contributed by atoms with Crippen molar-refractivity contribution in [3.05, 3.63) is 12.7 Å². The van der Waals surface area contributed by atoms with Crippen molar-refractivity contribution in [1.29, 1.82) is 0 Å². The average Bonchev–Trinajstić information content (AvgIpc) is 2.06. The van der Waals surface area contributed by atoms with Gasteiger partial charge in [-0.15, -0.1) is 0 Å². The van der Waals surface area contributed by atoms with Crippen LogP contribution < -0.4 is 0 Å². The molecule has 0 spiro atoms. The summed E-state index contributed by atoms with van der Waals surface area (Å²) >= 11 is 0. The Balaban J connectivity index is 2.17. The lowest BCUT2D eigenvalue weighted by Gasteiger charge is -2.37. The molecule has 0 aromatic heterocycles. The van der Waals surface area contributed by atoms with E-state index in [2.05, 4.69) is 6.58 Å². The van der Waals surface area contributed by atoms with Crippen molar-refractivity contribution < 1.29 is 13.7 Å². The van der Waals surface area contributed by atoms with Gasteiger partial charge >= 0.3 is 6.09 Å². The number of carbonyl (C=O) groups excluding carboxylic acids is 1. The van der Waals surface area contributed by atoms with E-state index in [1.165, 1.54) is 6.08 Å². The fraction of sp³-hybridized carbons (Fsp3) is 0.667. The summed E-state index contributed by atoms with van der Waals surface area (Å²) in [4.78, 5) is 12.8. The number of hydrogen-bond donors (Lipinski definition) is 0. The highest BCUT2D eigenvalue weighted by atomic mass is 32.2. The predicted octanol–water partition coefficient (Wildman–Crippen LogP) is 0.619. The fourth-order valence-electron chi connectivity index (χ4n) is 1.38. The van der Waals surface area contributed by atoms with E-state index in [0.29, 0.717) is 24.8 Å². The molecule has 0 bridgehead atoms. The van der Waals surface area contributed by atoms with Crippen LogP contribution in [0.15, 0.2) is 12.7 Å². The highest BCUT2D eigenvalue weighted by Crippen LogP contribution is 2.17. The number of likely N-dealkylation sites (tertiary alicyclic amines) is 1. The minimum atomic E-state index is -0.773. The van der Waals surface area contributed by atoms with Crippen LogP contribution in [0, 0.1) is 5.92 Å². The van der Waals surface area contributed by atoms with Crippen molar-refractivity contribution in [3.63, 3.8) is 0 Å². The maximum Gasteiger partial charge on any atom is 0.410 e. The van der Waals surface area contributed by atoms with Gasteiger partial charge in [0.15, 0.2) is 0 Å². The molecule has 0 aromatic rings. The second kappa shape index (κ2) is 5.14. The largest absolute Gasteiger partial charge is 0.445 e. The van der Waals surface area contributed by atoms with Gasteiger partial charge in [0, 0.05) is 41.8 Å². The molecule has 0 aliphatic carbocycles. The highest BCUT2D eigenvalue weighted by molar-refractivity contribution is 7.84. The average molecular weight is 217 g/mol. The Kier molecular flexibility index (Phi) is 4.13. The van der Waals surface area contributed by atoms with E-state index < -0.39 is 10.8 Å². The zero-order valence-electron chi connectivity index (χ0n) is 8.27. The normalized spacial score (nSPS) is 18.5. The second-order valence-electron chi connectivity index (χ2n) is 3.38. The van der Waals surface area contributed by atoms with Crippen LogP contribution in [0.2, 0.25) is 0 Å². The van der Waals surface area contributed by atoms with E-state index in [9.17, 15) is 9.00 Å². The van der Waals surface area contributed by atoms with Gasteiger partial charge in [-0.3, -0.25) is 4.21 Å². The first-order valence-corrected chi connectivity index (χ1v) is 6.18. The Morgan fingerprint density at radius 1 is 1.71 bits per heavy atom. The van der Waals surface area contributed by atoms with Crippen LogP contribution in [0.3, 0.4) is 0 Å². The van der Waals surface area contributed by atoms with Crippen LogP contribution in [-0.2, 0) is 15.5 Å². The van der Waals surface area contributed by atoms with Crippen molar-refractivity contribution >= 4 is 16.9 Å². The first kappa shape index (κ1) is 11.2. The molecule has 0 radical (unpaired) electrons. The fourth-order valence-corrected chi connectivity index (χ4v) is 2.25. The van der Waals surface area contributed by atoms with Crippen LogP contribution in [-0.4, -0.2) is 46.9 Å². The van der Waals surface area contributed by atoms with Gasteiger partial charge in [-0.25, -0.2) is 4.79 Å². The molecule has 0 aromatic carbocycles. The lowest BCUT2D eigenvalue weighted by molar-refractivity contribution is 0.0666. The lowest BCUT2D eigenvalue weighted by Crippen LogP contribution is -2.51. The number of ether oxygens (including phenoxy) is 1. The van der Waals surface area contributed by atoms with Crippen molar-refractivity contribution in [3.8, 4) is 0 Å². The van der Waals surface area contributed by atoms with Gasteiger partial charge in [-0.2, -0.15) is 0 Å². The molecule has 14 heavy (non-hydrogen) atoms. The van der Waals surface area contributed by atoms with Crippen molar-refractivity contribution in [2.24, 2.45) is 5.92 Å². The predicted molar refractivity (Wildman–Crippen MR) is 55.5 cm³/mol. The van der Waals surface area contributed by atoms with E-state index >= 15 is 0 Å². The molecule has 1 atom stereocenters. The smallest absolute Gasteiger partial charge is 0.410 e. The summed E-state index contributed by atoms with van der Waals surface area (Å²) in [5, 5.41) is 0. The molecule has 0 N–H and O–H groups in total. The third-order valence-electron chi connectivity index (χ3n) is 2.01. The quantitative estimate of drug-likeness (QED) is 0.648. The van der Waals surface area contributed by atoms with Gasteiger partial charge in [0.25, 0.3) is 0 Å². The molecular weight excluding hydrogens is 202 g/mol. The molecule has 1 amide bonds. The summed E-state index contributed by atoms with van der Waals surface area (Å²) < 4.78 is 15.7. The van der Waals surface area contributed by atoms with Gasteiger partial charge in [0.05, 0.1) is 0 Å². The summed E-state index contributed by atoms with van der Waals surface area (Å²) in [6.45, 7) is 5.03. The summed E-state index contributed by atoms with van der Waals surface area (Å²) in [7, 11) is -0.773. The molecule has 1 saturated heterocycles. The molecular formula is C9H15NO3S. The third-order valence-corrected chi connectivity index (χ3v) is 2.95. The number of carbonyl (C=O) groups is 1. The van der Waals surface area contributed by atoms with E-state index in [4.69, 9.17) is 4.74 Å². The van der Waals surface area contributed by atoms with Crippen LogP contribution >= 0.6 is 0 Å². The molecule has 0 saturated carbocycles. The van der Waals surface area contributed by atoms with Crippen LogP contribution in [0.4, 0.5) is 4.79 Å². The molecule has 1 rings (SSSR count). The van der Waals surface area contributed by atoms with E-state index in [1.54, 1.807) is 11.2 Å². The van der Waals surface area contributed by atoms with Crippen LogP contribution in [0.1, 0.15) is 0 Å². The van der Waals surface area contributed by atoms with Crippen molar-refractivity contribution in [1.82, 2.24) is 4.90 Å². The zero-order valence-corrected chi connectivity index (χ0v) is 9.09. The molecule has 5 heteroatoms. The number of rotatable bonds is 4. The molecule has 1 aliphatic heterocycles. The standard InChI is InChI=1S/C9H15NO3S/c1-3-4-13-9(11)10-5-8(6-10)7-14(2)12/h3,8H,1,4-7H2,2H3. The summed E-state index contributed by atoms with van der Waals surface area (Å²) in [6, 6.07) is 0. The van der Waals surface area contributed by atoms with E-state index in [-0.39, 0.29) is 12.7 Å². The van der Waals surface area contributed by atoms with Crippen molar-refractivity contribution in [2.45, 2.75) is 0 Å². The SMILES string of the molecule is C=CCOC(=O)N1CC(CS(C)=O)C1. The Hall–Kier alpha value is -0.840. The highest BCUT2D eigenvalue weighted by Gasteiger charge is 2.31. The lowest BCUT2D eigenvalue weighted by atomic mass is 10.0. The van der Waals surface area contributed by atoms with Gasteiger partial charge in [0.1, 0.15) is 6.61 Å². The van der Waals surface area contributed by atoms with Gasteiger partial charge in [-0.05, 0) is 0 Å². The van der Waals surface area contributed by atoms with Gasteiger partial charge in [0.2, 0.25) is 0 Å². The van der Waals surface area contributed by atoms with E-state index in [0.717, 1.165) is 0 Å². The molecule has 1 heterocycles. The summed E-state index contributed by atoms with van der Waals surface area (Å²) in [5.74, 6) is 1.04. The monoisotopic (exact) mass is 217 g/mol. The van der Waals surface area contributed by atoms with E-state index in [1.807, 2.05) is 0 Å². The van der Waals surface area contributed by atoms with Crippen LogP contribution in [0.5, 0.6) is 0 Å². The Bertz CT molecular complexity index is 248. The molecule has 1 aliphatic rings. The summed E-state index contributed by atoms with van der Waals surface area (Å²) in [5.41, 5.74) is 0. The minimum absolute atomic E-state index is 0.250. The third kappa shape index (κ3) is 3.14. The molecule has 4 nitrogen and oxygen atoms in total. The van der Waals surface area contributed by atoms with Crippen LogP contribution in [0.25, 0.3) is 0 Å². The molecule has 80 valence electrons. The number of amides is 1. The Morgan fingerprint density at radius 2 is 2.36 bits per heavy atom. The Labute approximate surface area is 86.4 Å². The minimum Gasteiger partial charge on any atom is -0.445 e. The number of nitrogens with zero attached hydrogens (tertiary/aromatic N) is 1. The van der Waals surface area contributed by atoms with Gasteiger partial charge < -0.3 is 9.64 Å². The maximum atomic E-state index is 11.2. The number of hydrogen-bond acceptors (Lipinski definition) is 3. The van der Waals surface area contributed by atoms with Gasteiger partial charge in [-0.1, -0.05) is 12.7 Å². The Morgan fingerprint density at radius 3 is 2.86 bits per heavy atom. The molecule has 1 unspecified atom stereocenters. The maximum absolute atomic E-state index is 11.2. The van der Waals surface area contributed by atoms with Crippen molar-refractivity contribution in [2.75, 3.05) is 31.7 Å². The topological polar surface area (TPSA) is 46.6 Å². The first-order chi connectivity index (χ1) is 6.63.